The number of para-hydroxylation sites is 1. The van der Waals surface area contributed by atoms with Crippen LogP contribution in [-0.4, -0.2) is 36.5 Å². The summed E-state index contributed by atoms with van der Waals surface area (Å²) < 4.78 is 6.01. The maximum atomic E-state index is 12.4. The third-order valence-corrected chi connectivity index (χ3v) is 4.85. The number of benzene rings is 1. The van der Waals surface area contributed by atoms with E-state index in [1.165, 1.54) is 0 Å². The molecular weight excluding hydrogens is 318 g/mol. The summed E-state index contributed by atoms with van der Waals surface area (Å²) in [6.07, 6.45) is 0.638. The lowest BCUT2D eigenvalue weighted by Gasteiger charge is -2.22. The molecule has 25 heavy (non-hydrogen) atoms. The van der Waals surface area contributed by atoms with Crippen molar-refractivity contribution in [2.24, 2.45) is 5.92 Å². The van der Waals surface area contributed by atoms with E-state index in [-0.39, 0.29) is 26.8 Å². The van der Waals surface area contributed by atoms with Gasteiger partial charge in [0.15, 0.2) is 0 Å². The van der Waals surface area contributed by atoms with Crippen LogP contribution in [0.25, 0.3) is 11.0 Å². The first kappa shape index (κ1) is 17.3. The molecule has 0 radical (unpaired) electrons. The number of carbonyl (C=O) groups is 2. The van der Waals surface area contributed by atoms with Crippen molar-refractivity contribution in [3.63, 3.8) is 0 Å². The lowest BCUT2D eigenvalue weighted by Crippen LogP contribution is -2.47. The van der Waals surface area contributed by atoms with E-state index in [0.29, 0.717) is 13.0 Å². The molecule has 1 aliphatic heterocycles. The molecule has 0 saturated carbocycles. The summed E-state index contributed by atoms with van der Waals surface area (Å²) in [5.74, 6) is 0.865. The Morgan fingerprint density at radius 2 is 2.08 bits per heavy atom. The number of urea groups is 1. The van der Waals surface area contributed by atoms with Crippen molar-refractivity contribution in [1.82, 2.24) is 15.5 Å². The van der Waals surface area contributed by atoms with Crippen molar-refractivity contribution >= 4 is 22.9 Å². The van der Waals surface area contributed by atoms with Gasteiger partial charge in [0.2, 0.25) is 5.91 Å². The third-order valence-electron chi connectivity index (χ3n) is 4.85. The molecule has 1 aromatic carbocycles. The number of rotatable bonds is 4. The number of likely N-dealkylation sites (N-methyl/N-ethyl adjacent to an activating group) is 1. The Balaban J connectivity index is 0.00000182. The van der Waals surface area contributed by atoms with Crippen LogP contribution in [0.1, 0.15) is 40.5 Å². The van der Waals surface area contributed by atoms with E-state index in [4.69, 9.17) is 4.42 Å². The van der Waals surface area contributed by atoms with Gasteiger partial charge in [0.25, 0.3) is 0 Å². The zero-order valence-electron chi connectivity index (χ0n) is 15.1. The minimum absolute atomic E-state index is 0. The van der Waals surface area contributed by atoms with Crippen LogP contribution in [0.2, 0.25) is 0 Å². The van der Waals surface area contributed by atoms with Crippen molar-refractivity contribution in [3.8, 4) is 0 Å². The molecule has 2 heterocycles. The van der Waals surface area contributed by atoms with Gasteiger partial charge >= 0.3 is 6.03 Å². The van der Waals surface area contributed by atoms with Crippen LogP contribution in [0, 0.1) is 12.8 Å². The molecule has 1 aromatic heterocycles. The van der Waals surface area contributed by atoms with Gasteiger partial charge in [-0.3, -0.25) is 4.79 Å². The van der Waals surface area contributed by atoms with Gasteiger partial charge < -0.3 is 20.0 Å². The summed E-state index contributed by atoms with van der Waals surface area (Å²) in [6.45, 7) is 6.74. The van der Waals surface area contributed by atoms with Gasteiger partial charge in [-0.2, -0.15) is 0 Å². The quantitative estimate of drug-likeness (QED) is 0.889. The fraction of sp³-hybridized carbons (Fsp3) is 0.474. The van der Waals surface area contributed by atoms with Gasteiger partial charge in [0, 0.05) is 27.4 Å². The van der Waals surface area contributed by atoms with Gasteiger partial charge in [-0.05, 0) is 25.3 Å². The van der Waals surface area contributed by atoms with E-state index in [1.54, 1.807) is 11.9 Å². The fourth-order valence-corrected chi connectivity index (χ4v) is 3.32. The first-order valence-corrected chi connectivity index (χ1v) is 8.68. The number of hydrogen-bond donors (Lipinski definition) is 2. The molecular formula is C19H29N3O3. The highest BCUT2D eigenvalue weighted by molar-refractivity contribution is 5.88. The molecule has 3 amide bonds. The van der Waals surface area contributed by atoms with Crippen LogP contribution in [0.5, 0.6) is 0 Å². The van der Waals surface area contributed by atoms with Crippen LogP contribution >= 0.6 is 0 Å². The van der Waals surface area contributed by atoms with Crippen LogP contribution in [0.3, 0.4) is 0 Å². The van der Waals surface area contributed by atoms with Crippen molar-refractivity contribution in [2.75, 3.05) is 13.6 Å². The topological polar surface area (TPSA) is 74.6 Å². The second-order valence-corrected chi connectivity index (χ2v) is 7.03. The van der Waals surface area contributed by atoms with E-state index in [9.17, 15) is 9.59 Å². The number of carbonyl (C=O) groups excluding carboxylic acids is 2. The number of amides is 3. The first-order valence-electron chi connectivity index (χ1n) is 8.68. The number of furan rings is 1. The Morgan fingerprint density at radius 1 is 1.36 bits per heavy atom. The SMILES string of the molecule is Cc1c([C@H](NC(=O)NC2CCN(C)C2=O)C(C)C)oc2ccccc12.[HH].[HH]. The average Bonchev–Trinajstić information content (AvgIpc) is 3.07. The van der Waals surface area contributed by atoms with Crippen LogP contribution in [0.4, 0.5) is 4.79 Å². The van der Waals surface area contributed by atoms with Gasteiger partial charge in [-0.25, -0.2) is 4.79 Å². The largest absolute Gasteiger partial charge is 0.459 e. The van der Waals surface area contributed by atoms with Crippen molar-refractivity contribution in [3.05, 3.63) is 35.6 Å². The van der Waals surface area contributed by atoms with Crippen LogP contribution < -0.4 is 10.6 Å². The van der Waals surface area contributed by atoms with E-state index in [1.807, 2.05) is 45.0 Å². The number of nitrogens with zero attached hydrogens (tertiary/aromatic N) is 1. The van der Waals surface area contributed by atoms with Crippen molar-refractivity contribution in [2.45, 2.75) is 39.3 Å². The monoisotopic (exact) mass is 347 g/mol. The predicted molar refractivity (Wildman–Crippen MR) is 100 cm³/mol. The number of fused-ring (bicyclic) bond motifs is 1. The lowest BCUT2D eigenvalue weighted by molar-refractivity contribution is -0.128. The molecule has 1 aliphatic rings. The standard InChI is InChI=1S/C19H25N3O3.2H2/c1-11(2)16(17-12(3)13-7-5-6-8-15(13)25-17)21-19(24)20-14-9-10-22(4)18(14)23;;/h5-8,11,14,16H,9-10H2,1-4H3,(H2,20,21,24);2*1H/t14?,16-;;/m1../s1. The summed E-state index contributed by atoms with van der Waals surface area (Å²) >= 11 is 0. The van der Waals surface area contributed by atoms with Gasteiger partial charge in [0.05, 0.1) is 6.04 Å². The Morgan fingerprint density at radius 3 is 2.68 bits per heavy atom. The third kappa shape index (κ3) is 3.34. The molecule has 2 atom stereocenters. The number of nitrogens with one attached hydrogen (secondary N) is 2. The van der Waals surface area contributed by atoms with Gasteiger partial charge in [0.1, 0.15) is 17.4 Å². The predicted octanol–water partition coefficient (Wildman–Crippen LogP) is 3.46. The fourth-order valence-electron chi connectivity index (χ4n) is 3.32. The zero-order valence-corrected chi connectivity index (χ0v) is 15.1. The second kappa shape index (κ2) is 6.78. The highest BCUT2D eigenvalue weighted by Crippen LogP contribution is 2.32. The van der Waals surface area contributed by atoms with Crippen LogP contribution in [0.15, 0.2) is 28.7 Å². The summed E-state index contributed by atoms with van der Waals surface area (Å²) in [5, 5.41) is 6.82. The Bertz CT molecular complexity index is 807. The van der Waals surface area contributed by atoms with E-state index >= 15 is 0 Å². The summed E-state index contributed by atoms with van der Waals surface area (Å²) in [5.41, 5.74) is 1.85. The Kier molecular flexibility index (Phi) is 4.70. The highest BCUT2D eigenvalue weighted by atomic mass is 16.3. The molecule has 0 bridgehead atoms. The molecule has 3 rings (SSSR count). The Hall–Kier alpha value is -2.50. The summed E-state index contributed by atoms with van der Waals surface area (Å²) in [4.78, 5) is 26.0. The minimum Gasteiger partial charge on any atom is -0.459 e. The molecule has 0 spiro atoms. The van der Waals surface area contributed by atoms with E-state index in [0.717, 1.165) is 22.3 Å². The molecule has 6 nitrogen and oxygen atoms in total. The second-order valence-electron chi connectivity index (χ2n) is 7.03. The number of aryl methyl sites for hydroxylation is 1. The maximum absolute atomic E-state index is 12.4. The molecule has 138 valence electrons. The molecule has 2 N–H and O–H groups in total. The Labute approximate surface area is 150 Å². The lowest BCUT2D eigenvalue weighted by atomic mass is 9.98. The average molecular weight is 347 g/mol. The van der Waals surface area contributed by atoms with E-state index < -0.39 is 6.04 Å². The number of likely N-dealkylation sites (tertiary alicyclic amines) is 1. The summed E-state index contributed by atoms with van der Waals surface area (Å²) in [7, 11) is 1.75. The maximum Gasteiger partial charge on any atom is 0.316 e. The van der Waals surface area contributed by atoms with Gasteiger partial charge in [-0.15, -0.1) is 0 Å². The molecule has 2 aromatic rings. The van der Waals surface area contributed by atoms with Crippen molar-refractivity contribution in [1.29, 1.82) is 0 Å². The minimum atomic E-state index is -0.449. The molecule has 0 aliphatic carbocycles. The molecule has 1 saturated heterocycles. The van der Waals surface area contributed by atoms with E-state index in [2.05, 4.69) is 10.6 Å². The number of hydrogen-bond acceptors (Lipinski definition) is 3. The molecule has 6 heteroatoms. The van der Waals surface area contributed by atoms with Crippen LogP contribution in [-0.2, 0) is 4.79 Å². The normalized spacial score (nSPS) is 18.8. The first-order chi connectivity index (χ1) is 11.9. The molecule has 1 fully saturated rings. The van der Waals surface area contributed by atoms with Gasteiger partial charge in [-0.1, -0.05) is 32.0 Å². The van der Waals surface area contributed by atoms with Crippen molar-refractivity contribution < 1.29 is 16.9 Å². The smallest absolute Gasteiger partial charge is 0.316 e. The molecule has 1 unspecified atom stereocenters. The summed E-state index contributed by atoms with van der Waals surface area (Å²) in [6, 6.07) is 6.80. The highest BCUT2D eigenvalue weighted by Gasteiger charge is 2.32. The zero-order chi connectivity index (χ0) is 18.1.